The zero-order valence-corrected chi connectivity index (χ0v) is 6.60. The van der Waals surface area contributed by atoms with Gasteiger partial charge in [0.25, 0.3) is 0 Å². The van der Waals surface area contributed by atoms with Gasteiger partial charge in [0.05, 0.1) is 6.04 Å². The maximum Gasteiger partial charge on any atom is 0.234 e. The first-order chi connectivity index (χ1) is 5.70. The Hall–Kier alpha value is -1.42. The minimum atomic E-state index is -0.639. The number of carbonyl (C=O) groups excluding carboxylic acids is 1. The lowest BCUT2D eigenvalue weighted by Gasteiger charge is -2.05. The van der Waals surface area contributed by atoms with Gasteiger partial charge in [0.2, 0.25) is 5.91 Å². The van der Waals surface area contributed by atoms with Crippen LogP contribution < -0.4 is 11.5 Å². The van der Waals surface area contributed by atoms with Crippen LogP contribution in [-0.2, 0) is 11.2 Å². The third-order valence-electron chi connectivity index (χ3n) is 1.52. The van der Waals surface area contributed by atoms with E-state index in [1.807, 2.05) is 12.1 Å². The molecule has 4 N–H and O–H groups in total. The molecule has 0 fully saturated rings. The van der Waals surface area contributed by atoms with Crippen molar-refractivity contribution >= 4 is 5.91 Å². The summed E-state index contributed by atoms with van der Waals surface area (Å²) in [6.45, 7) is 0. The molecule has 0 saturated carbocycles. The first-order valence-electron chi connectivity index (χ1n) is 3.65. The predicted octanol–water partition coefficient (Wildman–Crippen LogP) is -0.563. The fourth-order valence-corrected chi connectivity index (χ4v) is 0.845. The number of nitrogens with two attached hydrogens (primary N) is 2. The molecule has 0 unspecified atom stereocenters. The van der Waals surface area contributed by atoms with Gasteiger partial charge < -0.3 is 11.5 Å². The summed E-state index contributed by atoms with van der Waals surface area (Å²) in [6.07, 6.45) is 2.05. The topological polar surface area (TPSA) is 82.0 Å². The van der Waals surface area contributed by atoms with Crippen LogP contribution in [0.3, 0.4) is 0 Å². The number of hydrogen-bond acceptors (Lipinski definition) is 3. The summed E-state index contributed by atoms with van der Waals surface area (Å²) in [7, 11) is 0. The first kappa shape index (κ1) is 8.67. The Morgan fingerprint density at radius 3 is 2.83 bits per heavy atom. The lowest BCUT2D eigenvalue weighted by Crippen LogP contribution is -2.38. The molecule has 0 aliphatic carbocycles. The highest BCUT2D eigenvalue weighted by Crippen LogP contribution is 1.96. The molecule has 1 atom stereocenters. The average molecular weight is 165 g/mol. The fraction of sp³-hybridized carbons (Fsp3) is 0.250. The molecule has 0 spiro atoms. The molecule has 1 amide bonds. The average Bonchev–Trinajstić information content (AvgIpc) is 2.06. The molecule has 0 saturated heterocycles. The van der Waals surface area contributed by atoms with E-state index in [1.54, 1.807) is 12.3 Å². The highest BCUT2D eigenvalue weighted by Gasteiger charge is 2.09. The van der Waals surface area contributed by atoms with Crippen molar-refractivity contribution < 1.29 is 4.79 Å². The van der Waals surface area contributed by atoms with E-state index in [9.17, 15) is 4.79 Å². The monoisotopic (exact) mass is 165 g/mol. The number of carbonyl (C=O) groups is 1. The molecule has 12 heavy (non-hydrogen) atoms. The fourth-order valence-electron chi connectivity index (χ4n) is 0.845. The summed E-state index contributed by atoms with van der Waals surface area (Å²) in [5, 5.41) is 0. The van der Waals surface area contributed by atoms with Gasteiger partial charge in [0.15, 0.2) is 0 Å². The number of rotatable bonds is 3. The largest absolute Gasteiger partial charge is 0.368 e. The van der Waals surface area contributed by atoms with Gasteiger partial charge in [-0.2, -0.15) is 0 Å². The van der Waals surface area contributed by atoms with Crippen molar-refractivity contribution in [3.63, 3.8) is 0 Å². The Balaban J connectivity index is 2.58. The number of hydrogen-bond donors (Lipinski definition) is 2. The molecular formula is C8H11N3O. The van der Waals surface area contributed by atoms with Gasteiger partial charge in [0, 0.05) is 18.3 Å². The maximum atomic E-state index is 10.6. The van der Waals surface area contributed by atoms with E-state index in [0.717, 1.165) is 5.69 Å². The van der Waals surface area contributed by atoms with Crippen LogP contribution in [0.15, 0.2) is 24.4 Å². The van der Waals surface area contributed by atoms with Crippen molar-refractivity contribution in [2.24, 2.45) is 11.5 Å². The van der Waals surface area contributed by atoms with Crippen LogP contribution >= 0.6 is 0 Å². The van der Waals surface area contributed by atoms with Crippen molar-refractivity contribution in [2.45, 2.75) is 12.5 Å². The normalized spacial score (nSPS) is 12.4. The molecule has 1 aromatic heterocycles. The highest BCUT2D eigenvalue weighted by atomic mass is 16.1. The van der Waals surface area contributed by atoms with Crippen LogP contribution in [0.25, 0.3) is 0 Å². The molecule has 1 heterocycles. The van der Waals surface area contributed by atoms with Crippen molar-refractivity contribution in [3.8, 4) is 0 Å². The minimum absolute atomic E-state index is 0.399. The summed E-state index contributed by atoms with van der Waals surface area (Å²) in [5.41, 5.74) is 11.2. The molecule has 0 aliphatic heterocycles. The maximum absolute atomic E-state index is 10.6. The van der Waals surface area contributed by atoms with Crippen molar-refractivity contribution in [3.05, 3.63) is 30.1 Å². The predicted molar refractivity (Wildman–Crippen MR) is 45.1 cm³/mol. The van der Waals surface area contributed by atoms with Crippen LogP contribution in [0, 0.1) is 0 Å². The second kappa shape index (κ2) is 3.82. The minimum Gasteiger partial charge on any atom is -0.368 e. The molecular weight excluding hydrogens is 154 g/mol. The van der Waals surface area contributed by atoms with Crippen molar-refractivity contribution in [2.75, 3.05) is 0 Å². The van der Waals surface area contributed by atoms with Crippen LogP contribution in [0.1, 0.15) is 5.69 Å². The molecule has 0 bridgehead atoms. The Bertz CT molecular complexity index is 260. The van der Waals surface area contributed by atoms with Crippen molar-refractivity contribution in [1.29, 1.82) is 0 Å². The van der Waals surface area contributed by atoms with Gasteiger partial charge >= 0.3 is 0 Å². The lowest BCUT2D eigenvalue weighted by molar-refractivity contribution is -0.119. The van der Waals surface area contributed by atoms with Crippen LogP contribution in [0.4, 0.5) is 0 Å². The molecule has 1 rings (SSSR count). The molecule has 0 radical (unpaired) electrons. The number of aromatic nitrogens is 1. The van der Waals surface area contributed by atoms with Gasteiger partial charge in [0.1, 0.15) is 0 Å². The quantitative estimate of drug-likeness (QED) is 0.629. The van der Waals surface area contributed by atoms with E-state index in [2.05, 4.69) is 4.98 Å². The number of primary amides is 1. The smallest absolute Gasteiger partial charge is 0.234 e. The summed E-state index contributed by atoms with van der Waals surface area (Å²) in [4.78, 5) is 14.6. The van der Waals surface area contributed by atoms with Gasteiger partial charge in [-0.05, 0) is 12.1 Å². The van der Waals surface area contributed by atoms with E-state index < -0.39 is 11.9 Å². The van der Waals surface area contributed by atoms with Crippen LogP contribution in [-0.4, -0.2) is 16.9 Å². The van der Waals surface area contributed by atoms with E-state index in [0.29, 0.717) is 6.42 Å². The first-order valence-corrected chi connectivity index (χ1v) is 3.65. The molecule has 4 heteroatoms. The Morgan fingerprint density at radius 1 is 1.58 bits per heavy atom. The summed E-state index contributed by atoms with van der Waals surface area (Å²) < 4.78 is 0. The SMILES string of the molecule is NC(=O)[C@@H](N)Cc1ccccn1. The lowest BCUT2D eigenvalue weighted by atomic mass is 10.1. The van der Waals surface area contributed by atoms with E-state index in [1.165, 1.54) is 0 Å². The molecule has 0 aliphatic rings. The molecule has 0 aromatic carbocycles. The van der Waals surface area contributed by atoms with E-state index in [-0.39, 0.29) is 0 Å². The summed E-state index contributed by atoms with van der Waals surface area (Å²) in [6, 6.07) is 4.82. The summed E-state index contributed by atoms with van der Waals surface area (Å²) in [5.74, 6) is -0.499. The number of amides is 1. The Labute approximate surface area is 70.6 Å². The summed E-state index contributed by atoms with van der Waals surface area (Å²) >= 11 is 0. The van der Waals surface area contributed by atoms with Gasteiger partial charge in [-0.15, -0.1) is 0 Å². The van der Waals surface area contributed by atoms with E-state index in [4.69, 9.17) is 11.5 Å². The highest BCUT2D eigenvalue weighted by molar-refractivity contribution is 5.79. The van der Waals surface area contributed by atoms with Gasteiger partial charge in [-0.1, -0.05) is 6.07 Å². The van der Waals surface area contributed by atoms with E-state index >= 15 is 0 Å². The van der Waals surface area contributed by atoms with Crippen LogP contribution in [0.5, 0.6) is 0 Å². The second-order valence-electron chi connectivity index (χ2n) is 2.53. The number of nitrogens with zero attached hydrogens (tertiary/aromatic N) is 1. The van der Waals surface area contributed by atoms with Gasteiger partial charge in [-0.3, -0.25) is 9.78 Å². The zero-order valence-electron chi connectivity index (χ0n) is 6.60. The third kappa shape index (κ3) is 2.32. The molecule has 64 valence electrons. The second-order valence-corrected chi connectivity index (χ2v) is 2.53. The number of pyridine rings is 1. The Morgan fingerprint density at radius 2 is 2.33 bits per heavy atom. The Kier molecular flexibility index (Phi) is 2.76. The molecule has 4 nitrogen and oxygen atoms in total. The van der Waals surface area contributed by atoms with Crippen molar-refractivity contribution in [1.82, 2.24) is 4.98 Å². The van der Waals surface area contributed by atoms with Gasteiger partial charge in [-0.25, -0.2) is 0 Å². The molecule has 1 aromatic rings. The van der Waals surface area contributed by atoms with Crippen LogP contribution in [0.2, 0.25) is 0 Å². The zero-order chi connectivity index (χ0) is 8.97. The third-order valence-corrected chi connectivity index (χ3v) is 1.52. The standard InChI is InChI=1S/C8H11N3O/c9-7(8(10)12)5-6-3-1-2-4-11-6/h1-4,7H,5,9H2,(H2,10,12)/t7-/m0/s1.